The lowest BCUT2D eigenvalue weighted by Gasteiger charge is -2.19. The average Bonchev–Trinajstić information content (AvgIpc) is 2.78. The van der Waals surface area contributed by atoms with Crippen LogP contribution in [0.2, 0.25) is 0 Å². The van der Waals surface area contributed by atoms with Crippen LogP contribution in [0.1, 0.15) is 20.8 Å². The van der Waals surface area contributed by atoms with E-state index in [2.05, 4.69) is 6.58 Å². The first-order valence-corrected chi connectivity index (χ1v) is 11.4. The summed E-state index contributed by atoms with van der Waals surface area (Å²) in [7, 11) is 0. The van der Waals surface area contributed by atoms with Crippen LogP contribution < -0.4 is 0 Å². The lowest BCUT2D eigenvalue weighted by Crippen LogP contribution is -2.27. The van der Waals surface area contributed by atoms with E-state index in [9.17, 15) is 9.59 Å². The molecule has 0 saturated carbocycles. The molecule has 0 atom stereocenters. The van der Waals surface area contributed by atoms with Crippen LogP contribution >= 0.6 is 0 Å². The summed E-state index contributed by atoms with van der Waals surface area (Å²) in [4.78, 5) is 22.2. The van der Waals surface area contributed by atoms with Crippen LogP contribution in [0.4, 0.5) is 0 Å². The molecular formula is C23H42O11. The Labute approximate surface area is 202 Å². The van der Waals surface area contributed by atoms with Gasteiger partial charge in [0.25, 0.3) is 0 Å². The third-order valence-corrected chi connectivity index (χ3v) is 3.51. The second kappa shape index (κ2) is 23.2. The summed E-state index contributed by atoms with van der Waals surface area (Å²) in [6.45, 7) is 14.4. The summed E-state index contributed by atoms with van der Waals surface area (Å²) >= 11 is 0. The third kappa shape index (κ3) is 26.7. The Kier molecular flexibility index (Phi) is 22.1. The van der Waals surface area contributed by atoms with Crippen molar-refractivity contribution >= 4 is 11.9 Å². The second-order valence-electron chi connectivity index (χ2n) is 7.68. The molecule has 0 heterocycles. The van der Waals surface area contributed by atoms with Gasteiger partial charge in [-0.2, -0.15) is 0 Å². The van der Waals surface area contributed by atoms with Crippen molar-refractivity contribution in [3.63, 3.8) is 0 Å². The van der Waals surface area contributed by atoms with E-state index >= 15 is 0 Å². The van der Waals surface area contributed by atoms with Gasteiger partial charge in [-0.25, -0.2) is 9.59 Å². The second-order valence-corrected chi connectivity index (χ2v) is 7.68. The van der Waals surface area contributed by atoms with Crippen LogP contribution in [0.25, 0.3) is 0 Å². The molecule has 11 nitrogen and oxygen atoms in total. The van der Waals surface area contributed by atoms with Gasteiger partial charge in [-0.05, 0) is 20.8 Å². The van der Waals surface area contributed by atoms with E-state index in [0.717, 1.165) is 6.08 Å². The van der Waals surface area contributed by atoms with Gasteiger partial charge in [-0.3, -0.25) is 0 Å². The first kappa shape index (κ1) is 32.4. The van der Waals surface area contributed by atoms with Crippen molar-refractivity contribution in [3.8, 4) is 0 Å². The smallest absolute Gasteiger partial charge is 0.332 e. The molecule has 11 heteroatoms. The molecule has 0 aliphatic carbocycles. The fourth-order valence-corrected chi connectivity index (χ4v) is 2.11. The largest absolute Gasteiger partial charge is 0.460 e. The van der Waals surface area contributed by atoms with E-state index in [1.165, 1.54) is 0 Å². The highest BCUT2D eigenvalue weighted by Gasteiger charge is 2.15. The molecule has 0 N–H and O–H groups in total. The predicted molar refractivity (Wildman–Crippen MR) is 123 cm³/mol. The summed E-state index contributed by atoms with van der Waals surface area (Å²) < 4.78 is 47.2. The van der Waals surface area contributed by atoms with Crippen LogP contribution in [-0.4, -0.2) is 117 Å². The standard InChI is InChI=1S/C23H42O11/c1-5-21(24)33-19-18-31-15-14-29-11-10-27-7-6-26-8-9-28-12-13-30-16-17-32-20-22(25)34-23(2,3)4/h5H,1,6-20H2,2-4H3. The van der Waals surface area contributed by atoms with E-state index in [1.54, 1.807) is 0 Å². The maximum atomic E-state index is 11.4. The summed E-state index contributed by atoms with van der Waals surface area (Å²) in [6, 6.07) is 0. The Morgan fingerprint density at radius 3 is 1.24 bits per heavy atom. The first-order chi connectivity index (χ1) is 16.3. The minimum atomic E-state index is -0.510. The Morgan fingerprint density at radius 2 is 0.912 bits per heavy atom. The zero-order valence-electron chi connectivity index (χ0n) is 20.9. The number of hydrogen-bond donors (Lipinski definition) is 0. The quantitative estimate of drug-likeness (QED) is 0.109. The Hall–Kier alpha value is -1.60. The lowest BCUT2D eigenvalue weighted by atomic mass is 10.2. The van der Waals surface area contributed by atoms with Crippen LogP contribution in [0.5, 0.6) is 0 Å². The van der Waals surface area contributed by atoms with Gasteiger partial charge in [0.15, 0.2) is 0 Å². The van der Waals surface area contributed by atoms with Crippen LogP contribution in [0.3, 0.4) is 0 Å². The maximum absolute atomic E-state index is 11.4. The fraction of sp³-hybridized carbons (Fsp3) is 0.826. The van der Waals surface area contributed by atoms with E-state index in [-0.39, 0.29) is 13.2 Å². The highest BCUT2D eigenvalue weighted by atomic mass is 16.6. The van der Waals surface area contributed by atoms with Gasteiger partial charge >= 0.3 is 11.9 Å². The van der Waals surface area contributed by atoms with Crippen LogP contribution in [0, 0.1) is 0 Å². The van der Waals surface area contributed by atoms with Gasteiger partial charge < -0.3 is 42.6 Å². The molecule has 0 aliphatic rings. The van der Waals surface area contributed by atoms with E-state index in [4.69, 9.17) is 42.6 Å². The normalized spacial score (nSPS) is 11.4. The SMILES string of the molecule is C=CC(=O)OCCOCCOCCOCCOCCOCCOCCOCC(=O)OC(C)(C)C. The third-order valence-electron chi connectivity index (χ3n) is 3.51. The predicted octanol–water partition coefficient (Wildman–Crippen LogP) is 1.17. The summed E-state index contributed by atoms with van der Waals surface area (Å²) in [6.07, 6.45) is 1.11. The number of ether oxygens (including phenoxy) is 9. The molecule has 0 spiro atoms. The van der Waals surface area contributed by atoms with Gasteiger partial charge in [-0.15, -0.1) is 0 Å². The Bertz CT molecular complexity index is 506. The summed E-state index contributed by atoms with van der Waals surface area (Å²) in [5.41, 5.74) is -0.510. The Balaban J connectivity index is 3.13. The first-order valence-electron chi connectivity index (χ1n) is 11.4. The van der Waals surface area contributed by atoms with Crippen molar-refractivity contribution in [1.29, 1.82) is 0 Å². The fourth-order valence-electron chi connectivity index (χ4n) is 2.11. The minimum absolute atomic E-state index is 0.0852. The summed E-state index contributed by atoms with van der Waals surface area (Å²) in [5, 5.41) is 0. The zero-order chi connectivity index (χ0) is 25.3. The molecule has 0 saturated heterocycles. The molecule has 0 aromatic rings. The van der Waals surface area contributed by atoms with Crippen molar-refractivity contribution in [1.82, 2.24) is 0 Å². The highest BCUT2D eigenvalue weighted by Crippen LogP contribution is 2.06. The summed E-state index contributed by atoms with van der Waals surface area (Å²) in [5.74, 6) is -0.853. The molecule has 0 aliphatic heterocycles. The van der Waals surface area contributed by atoms with Crippen molar-refractivity contribution in [2.45, 2.75) is 26.4 Å². The molecule has 0 amide bonds. The molecule has 0 aromatic heterocycles. The number of carbonyl (C=O) groups excluding carboxylic acids is 2. The molecule has 0 bridgehead atoms. The van der Waals surface area contributed by atoms with Gasteiger partial charge in [0, 0.05) is 6.08 Å². The molecule has 0 aromatic carbocycles. The number of esters is 2. The van der Waals surface area contributed by atoms with Crippen LogP contribution in [0.15, 0.2) is 12.7 Å². The maximum Gasteiger partial charge on any atom is 0.332 e. The van der Waals surface area contributed by atoms with Gasteiger partial charge in [0.05, 0.1) is 85.9 Å². The van der Waals surface area contributed by atoms with Crippen molar-refractivity contribution in [2.75, 3.05) is 99.1 Å². The molecule has 0 radical (unpaired) electrons. The van der Waals surface area contributed by atoms with Crippen molar-refractivity contribution < 1.29 is 52.2 Å². The molecule has 34 heavy (non-hydrogen) atoms. The van der Waals surface area contributed by atoms with E-state index < -0.39 is 17.5 Å². The number of carbonyl (C=O) groups is 2. The lowest BCUT2D eigenvalue weighted by molar-refractivity contribution is -0.160. The van der Waals surface area contributed by atoms with E-state index in [0.29, 0.717) is 85.9 Å². The molecule has 0 unspecified atom stereocenters. The topological polar surface area (TPSA) is 117 Å². The zero-order valence-corrected chi connectivity index (χ0v) is 20.9. The van der Waals surface area contributed by atoms with Crippen molar-refractivity contribution in [3.05, 3.63) is 12.7 Å². The number of rotatable bonds is 24. The van der Waals surface area contributed by atoms with Crippen LogP contribution in [-0.2, 0) is 52.2 Å². The monoisotopic (exact) mass is 494 g/mol. The average molecular weight is 495 g/mol. The van der Waals surface area contributed by atoms with Gasteiger partial charge in [0.1, 0.15) is 18.8 Å². The minimum Gasteiger partial charge on any atom is -0.460 e. The molecule has 0 rings (SSSR count). The van der Waals surface area contributed by atoms with Crippen molar-refractivity contribution in [2.24, 2.45) is 0 Å². The number of hydrogen-bond acceptors (Lipinski definition) is 11. The molecular weight excluding hydrogens is 452 g/mol. The molecule has 200 valence electrons. The van der Waals surface area contributed by atoms with Gasteiger partial charge in [-0.1, -0.05) is 6.58 Å². The molecule has 0 fully saturated rings. The highest BCUT2D eigenvalue weighted by molar-refractivity contribution is 5.81. The van der Waals surface area contributed by atoms with Gasteiger partial charge in [0.2, 0.25) is 0 Å². The van der Waals surface area contributed by atoms with E-state index in [1.807, 2.05) is 20.8 Å². The Morgan fingerprint density at radius 1 is 0.588 bits per heavy atom.